The van der Waals surface area contributed by atoms with E-state index in [1.54, 1.807) is 0 Å². The molecule has 0 bridgehead atoms. The molecule has 82 valence electrons. The summed E-state index contributed by atoms with van der Waals surface area (Å²) in [5.74, 6) is -0.423. The van der Waals surface area contributed by atoms with Crippen molar-refractivity contribution in [2.45, 2.75) is 13.1 Å². The lowest BCUT2D eigenvalue weighted by Gasteiger charge is -2.13. The molecule has 0 aliphatic carbocycles. The van der Waals surface area contributed by atoms with E-state index in [1.165, 1.54) is 6.92 Å². The van der Waals surface area contributed by atoms with Crippen LogP contribution in [-0.4, -0.2) is 5.78 Å². The van der Waals surface area contributed by atoms with E-state index in [-0.39, 0.29) is 11.3 Å². The number of nitrogens with two attached hydrogens (primary N) is 2. The van der Waals surface area contributed by atoms with Crippen LogP contribution >= 0.6 is 0 Å². The third-order valence-electron chi connectivity index (χ3n) is 1.97. The molecule has 0 fully saturated rings. The van der Waals surface area contributed by atoms with Crippen LogP contribution in [0.5, 0.6) is 0 Å². The van der Waals surface area contributed by atoms with Crippen molar-refractivity contribution in [3.05, 3.63) is 23.3 Å². The van der Waals surface area contributed by atoms with Gasteiger partial charge in [-0.2, -0.15) is 13.2 Å². The molecule has 1 rings (SSSR count). The second-order valence-electron chi connectivity index (χ2n) is 3.04. The van der Waals surface area contributed by atoms with Crippen molar-refractivity contribution in [1.82, 2.24) is 0 Å². The van der Waals surface area contributed by atoms with Crippen LogP contribution in [0.1, 0.15) is 22.8 Å². The van der Waals surface area contributed by atoms with E-state index >= 15 is 0 Å². The summed E-state index contributed by atoms with van der Waals surface area (Å²) >= 11 is 0. The van der Waals surface area contributed by atoms with Gasteiger partial charge in [0.15, 0.2) is 5.78 Å². The van der Waals surface area contributed by atoms with E-state index in [0.717, 1.165) is 12.1 Å². The topological polar surface area (TPSA) is 69.1 Å². The van der Waals surface area contributed by atoms with Crippen molar-refractivity contribution >= 4 is 17.2 Å². The van der Waals surface area contributed by atoms with Gasteiger partial charge in [-0.05, 0) is 19.1 Å². The highest BCUT2D eigenvalue weighted by Gasteiger charge is 2.34. The highest BCUT2D eigenvalue weighted by atomic mass is 19.4. The van der Waals surface area contributed by atoms with E-state index in [0.29, 0.717) is 0 Å². The van der Waals surface area contributed by atoms with Crippen LogP contribution in [0.25, 0.3) is 0 Å². The first-order valence-electron chi connectivity index (χ1n) is 4.01. The molecule has 0 amide bonds. The first kappa shape index (κ1) is 11.4. The average molecular weight is 218 g/mol. The molecular formula is C9H9F3N2O. The zero-order valence-corrected chi connectivity index (χ0v) is 7.85. The second-order valence-corrected chi connectivity index (χ2v) is 3.04. The van der Waals surface area contributed by atoms with Crippen molar-refractivity contribution in [2.24, 2.45) is 0 Å². The highest BCUT2D eigenvalue weighted by Crippen LogP contribution is 2.37. The molecule has 0 spiro atoms. The fourth-order valence-electron chi connectivity index (χ4n) is 1.19. The average Bonchev–Trinajstić information content (AvgIpc) is 2.06. The molecule has 0 radical (unpaired) electrons. The lowest BCUT2D eigenvalue weighted by molar-refractivity contribution is -0.136. The standard InChI is InChI=1S/C9H9F3N2O/c1-4(15)5-2-3-6(9(10,11)12)8(14)7(5)13/h2-3H,13-14H2,1H3. The molecule has 0 heterocycles. The molecule has 0 saturated heterocycles. The van der Waals surface area contributed by atoms with E-state index in [1.807, 2.05) is 0 Å². The molecule has 0 unspecified atom stereocenters. The van der Waals surface area contributed by atoms with Crippen LogP contribution in [0.15, 0.2) is 12.1 Å². The van der Waals surface area contributed by atoms with Crippen molar-refractivity contribution in [3.63, 3.8) is 0 Å². The summed E-state index contributed by atoms with van der Waals surface area (Å²) < 4.78 is 37.0. The van der Waals surface area contributed by atoms with Crippen LogP contribution in [0.4, 0.5) is 24.5 Å². The van der Waals surface area contributed by atoms with Gasteiger partial charge < -0.3 is 11.5 Å². The Balaban J connectivity index is 3.41. The summed E-state index contributed by atoms with van der Waals surface area (Å²) in [4.78, 5) is 11.0. The number of carbonyl (C=O) groups is 1. The zero-order valence-electron chi connectivity index (χ0n) is 7.85. The number of nitrogen functional groups attached to an aromatic ring is 2. The zero-order chi connectivity index (χ0) is 11.8. The molecule has 15 heavy (non-hydrogen) atoms. The van der Waals surface area contributed by atoms with Gasteiger partial charge in [0.2, 0.25) is 0 Å². The molecule has 0 aliphatic heterocycles. The normalized spacial score (nSPS) is 11.5. The van der Waals surface area contributed by atoms with Gasteiger partial charge in [-0.1, -0.05) is 0 Å². The monoisotopic (exact) mass is 218 g/mol. The minimum absolute atomic E-state index is 0.000463. The number of benzene rings is 1. The maximum Gasteiger partial charge on any atom is 0.418 e. The molecule has 0 saturated carbocycles. The van der Waals surface area contributed by atoms with Gasteiger partial charge in [-0.3, -0.25) is 4.79 Å². The second kappa shape index (κ2) is 3.45. The number of halogens is 3. The number of carbonyl (C=O) groups excluding carboxylic acids is 1. The van der Waals surface area contributed by atoms with Crippen molar-refractivity contribution in [1.29, 1.82) is 0 Å². The smallest absolute Gasteiger partial charge is 0.397 e. The van der Waals surface area contributed by atoms with Gasteiger partial charge >= 0.3 is 6.18 Å². The Labute approximate surface area is 83.9 Å². The SMILES string of the molecule is CC(=O)c1ccc(C(F)(F)F)c(N)c1N. The van der Waals surface area contributed by atoms with Crippen molar-refractivity contribution in [3.8, 4) is 0 Å². The van der Waals surface area contributed by atoms with Gasteiger partial charge in [0.1, 0.15) is 0 Å². The minimum Gasteiger partial charge on any atom is -0.397 e. The fourth-order valence-corrected chi connectivity index (χ4v) is 1.19. The quantitative estimate of drug-likeness (QED) is 0.560. The van der Waals surface area contributed by atoms with Crippen LogP contribution in [0.3, 0.4) is 0 Å². The third kappa shape index (κ3) is 2.03. The minimum atomic E-state index is -4.56. The van der Waals surface area contributed by atoms with Crippen LogP contribution in [0.2, 0.25) is 0 Å². The van der Waals surface area contributed by atoms with Crippen LogP contribution in [-0.2, 0) is 6.18 Å². The summed E-state index contributed by atoms with van der Waals surface area (Å²) in [5, 5.41) is 0. The van der Waals surface area contributed by atoms with Gasteiger partial charge in [-0.15, -0.1) is 0 Å². The van der Waals surface area contributed by atoms with Gasteiger partial charge in [0, 0.05) is 5.56 Å². The maximum atomic E-state index is 12.3. The van der Waals surface area contributed by atoms with E-state index in [2.05, 4.69) is 0 Å². The van der Waals surface area contributed by atoms with E-state index in [9.17, 15) is 18.0 Å². The van der Waals surface area contributed by atoms with Crippen LogP contribution < -0.4 is 11.5 Å². The van der Waals surface area contributed by atoms with Gasteiger partial charge in [0.05, 0.1) is 16.9 Å². The maximum absolute atomic E-state index is 12.3. The van der Waals surface area contributed by atoms with E-state index in [4.69, 9.17) is 11.5 Å². The Kier molecular flexibility index (Phi) is 2.61. The Hall–Kier alpha value is -1.72. The summed E-state index contributed by atoms with van der Waals surface area (Å²) in [6, 6.07) is 1.78. The van der Waals surface area contributed by atoms with Gasteiger partial charge in [-0.25, -0.2) is 0 Å². The Morgan fingerprint density at radius 2 is 1.73 bits per heavy atom. The Bertz CT molecular complexity index is 413. The lowest BCUT2D eigenvalue weighted by atomic mass is 10.0. The lowest BCUT2D eigenvalue weighted by Crippen LogP contribution is -2.13. The van der Waals surface area contributed by atoms with Gasteiger partial charge in [0.25, 0.3) is 0 Å². The molecule has 0 aromatic heterocycles. The number of ketones is 1. The van der Waals surface area contributed by atoms with Crippen molar-refractivity contribution in [2.75, 3.05) is 11.5 Å². The molecule has 3 nitrogen and oxygen atoms in total. The van der Waals surface area contributed by atoms with E-state index < -0.39 is 23.2 Å². The molecule has 1 aromatic rings. The number of hydrogen-bond donors (Lipinski definition) is 2. The summed E-state index contributed by atoms with van der Waals surface area (Å²) in [6.45, 7) is 1.21. The Morgan fingerprint density at radius 3 is 2.13 bits per heavy atom. The Morgan fingerprint density at radius 1 is 1.20 bits per heavy atom. The van der Waals surface area contributed by atoms with Crippen LogP contribution in [0, 0.1) is 0 Å². The number of Topliss-reactive ketones (excluding diaryl/α,β-unsaturated/α-hetero) is 1. The highest BCUT2D eigenvalue weighted by molar-refractivity contribution is 6.01. The molecule has 0 aliphatic rings. The number of alkyl halides is 3. The summed E-state index contributed by atoms with van der Waals surface area (Å²) in [5.41, 5.74) is 8.60. The number of anilines is 2. The molecule has 4 N–H and O–H groups in total. The van der Waals surface area contributed by atoms with Crippen molar-refractivity contribution < 1.29 is 18.0 Å². The fraction of sp³-hybridized carbons (Fsp3) is 0.222. The largest absolute Gasteiger partial charge is 0.418 e. The molecule has 1 aromatic carbocycles. The predicted molar refractivity (Wildman–Crippen MR) is 50.3 cm³/mol. The molecular weight excluding hydrogens is 209 g/mol. The first-order chi connectivity index (χ1) is 6.75. The summed E-state index contributed by atoms with van der Waals surface area (Å²) in [7, 11) is 0. The third-order valence-corrected chi connectivity index (χ3v) is 1.97. The molecule has 0 atom stereocenters. The summed E-state index contributed by atoms with van der Waals surface area (Å²) in [6.07, 6.45) is -4.56. The molecule has 6 heteroatoms. The number of hydrogen-bond acceptors (Lipinski definition) is 3. The number of rotatable bonds is 1. The predicted octanol–water partition coefficient (Wildman–Crippen LogP) is 2.07. The first-order valence-corrected chi connectivity index (χ1v) is 4.01.